The number of thiazole rings is 1. The fourth-order valence-electron chi connectivity index (χ4n) is 2.22. The second-order valence-electron chi connectivity index (χ2n) is 5.26. The van der Waals surface area contributed by atoms with E-state index in [9.17, 15) is 4.79 Å². The highest BCUT2D eigenvalue weighted by molar-refractivity contribution is 7.07. The van der Waals surface area contributed by atoms with Crippen LogP contribution in [0.25, 0.3) is 0 Å². The van der Waals surface area contributed by atoms with E-state index >= 15 is 0 Å². The van der Waals surface area contributed by atoms with Gasteiger partial charge in [0.15, 0.2) is 0 Å². The molecular weight excluding hydrogens is 334 g/mol. The van der Waals surface area contributed by atoms with Gasteiger partial charge in [0.1, 0.15) is 12.4 Å². The smallest absolute Gasteiger partial charge is 0.255 e. The molecule has 3 aromatic rings. The maximum Gasteiger partial charge on any atom is 0.255 e. The number of amides is 1. The van der Waals surface area contributed by atoms with Gasteiger partial charge in [0.2, 0.25) is 0 Å². The lowest BCUT2D eigenvalue weighted by molar-refractivity contribution is 0.0946. The number of ether oxygens (including phenoxy) is 1. The lowest BCUT2D eigenvalue weighted by Gasteiger charge is -2.11. The zero-order valence-corrected chi connectivity index (χ0v) is 14.1. The molecule has 1 heterocycles. The van der Waals surface area contributed by atoms with Gasteiger partial charge in [0.25, 0.3) is 5.91 Å². The fourth-order valence-corrected chi connectivity index (χ4v) is 2.76. The third-order valence-electron chi connectivity index (χ3n) is 3.53. The summed E-state index contributed by atoms with van der Waals surface area (Å²) in [4.78, 5) is 16.6. The number of rotatable bonds is 6. The van der Waals surface area contributed by atoms with Crippen molar-refractivity contribution in [3.8, 4) is 11.8 Å². The van der Waals surface area contributed by atoms with Crippen LogP contribution < -0.4 is 10.1 Å². The molecular formula is C19H15N3O2S. The number of carbonyl (C=O) groups is 1. The highest BCUT2D eigenvalue weighted by atomic mass is 32.1. The Hall–Kier alpha value is -3.17. The van der Waals surface area contributed by atoms with Crippen LogP contribution >= 0.6 is 11.3 Å². The lowest BCUT2D eigenvalue weighted by Crippen LogP contribution is -2.23. The lowest BCUT2D eigenvalue weighted by atomic mass is 10.1. The van der Waals surface area contributed by atoms with Crippen molar-refractivity contribution in [3.63, 3.8) is 0 Å². The van der Waals surface area contributed by atoms with Crippen LogP contribution in [0.15, 0.2) is 59.4 Å². The Labute approximate surface area is 149 Å². The van der Waals surface area contributed by atoms with Gasteiger partial charge >= 0.3 is 0 Å². The number of nitrogens with one attached hydrogen (secondary N) is 1. The SMILES string of the molecule is N#Cc1ccc(CNC(=O)c2ccccc2OCc2cscn2)cc1. The molecule has 0 radical (unpaired) electrons. The molecule has 0 saturated carbocycles. The first-order chi connectivity index (χ1) is 12.3. The van der Waals surface area contributed by atoms with Crippen LogP contribution in [0.4, 0.5) is 0 Å². The third-order valence-corrected chi connectivity index (χ3v) is 4.16. The molecule has 5 nitrogen and oxygen atoms in total. The Balaban J connectivity index is 1.64. The van der Waals surface area contributed by atoms with Gasteiger partial charge in [-0.25, -0.2) is 4.98 Å². The minimum atomic E-state index is -0.210. The van der Waals surface area contributed by atoms with Crippen LogP contribution in [0.2, 0.25) is 0 Å². The predicted molar refractivity (Wildman–Crippen MR) is 95.2 cm³/mol. The summed E-state index contributed by atoms with van der Waals surface area (Å²) in [5, 5.41) is 13.6. The third kappa shape index (κ3) is 4.43. The van der Waals surface area contributed by atoms with E-state index in [2.05, 4.69) is 16.4 Å². The summed E-state index contributed by atoms with van der Waals surface area (Å²) in [5.41, 5.74) is 4.57. The Morgan fingerprint density at radius 2 is 2.00 bits per heavy atom. The molecule has 0 fully saturated rings. The Morgan fingerprint density at radius 3 is 2.72 bits per heavy atom. The predicted octanol–water partition coefficient (Wildman–Crippen LogP) is 3.52. The first kappa shape index (κ1) is 16.7. The van der Waals surface area contributed by atoms with Crippen molar-refractivity contribution in [1.82, 2.24) is 10.3 Å². The molecule has 3 rings (SSSR count). The number of hydrogen-bond acceptors (Lipinski definition) is 5. The van der Waals surface area contributed by atoms with Crippen molar-refractivity contribution < 1.29 is 9.53 Å². The average molecular weight is 349 g/mol. The topological polar surface area (TPSA) is 75.0 Å². The maximum atomic E-state index is 12.5. The summed E-state index contributed by atoms with van der Waals surface area (Å²) in [6.45, 7) is 0.703. The van der Waals surface area contributed by atoms with E-state index in [4.69, 9.17) is 10.00 Å². The summed E-state index contributed by atoms with van der Waals surface area (Å²) in [5.74, 6) is 0.311. The van der Waals surface area contributed by atoms with Gasteiger partial charge in [-0.2, -0.15) is 5.26 Å². The van der Waals surface area contributed by atoms with E-state index in [1.165, 1.54) is 11.3 Å². The molecule has 6 heteroatoms. The van der Waals surface area contributed by atoms with Crippen molar-refractivity contribution in [2.24, 2.45) is 0 Å². The van der Waals surface area contributed by atoms with Gasteiger partial charge < -0.3 is 10.1 Å². The van der Waals surface area contributed by atoms with Crippen LogP contribution in [0.1, 0.15) is 27.2 Å². The van der Waals surface area contributed by atoms with E-state index in [1.807, 2.05) is 23.6 Å². The molecule has 0 aliphatic heterocycles. The highest BCUT2D eigenvalue weighted by Crippen LogP contribution is 2.19. The van der Waals surface area contributed by atoms with Gasteiger partial charge in [-0.05, 0) is 29.8 Å². The zero-order chi connectivity index (χ0) is 17.5. The maximum absolute atomic E-state index is 12.5. The van der Waals surface area contributed by atoms with Gasteiger partial charge in [-0.1, -0.05) is 24.3 Å². The van der Waals surface area contributed by atoms with E-state index in [0.29, 0.717) is 30.0 Å². The van der Waals surface area contributed by atoms with Crippen molar-refractivity contribution >= 4 is 17.2 Å². The van der Waals surface area contributed by atoms with E-state index < -0.39 is 0 Å². The molecule has 0 atom stereocenters. The number of hydrogen-bond donors (Lipinski definition) is 1. The van der Waals surface area contributed by atoms with Crippen molar-refractivity contribution in [2.75, 3.05) is 0 Å². The average Bonchev–Trinajstić information content (AvgIpc) is 3.18. The number of nitriles is 1. The van der Waals surface area contributed by atoms with E-state index in [-0.39, 0.29) is 5.91 Å². The van der Waals surface area contributed by atoms with Crippen LogP contribution in [0, 0.1) is 11.3 Å². The highest BCUT2D eigenvalue weighted by Gasteiger charge is 2.12. The molecule has 0 aliphatic carbocycles. The van der Waals surface area contributed by atoms with Gasteiger partial charge in [-0.15, -0.1) is 11.3 Å². The molecule has 1 aromatic heterocycles. The minimum Gasteiger partial charge on any atom is -0.486 e. The standard InChI is InChI=1S/C19H15N3O2S/c20-9-14-5-7-15(8-6-14)10-21-19(23)17-3-1-2-4-18(17)24-11-16-12-25-13-22-16/h1-8,12-13H,10-11H2,(H,21,23). The first-order valence-corrected chi connectivity index (χ1v) is 8.56. The molecule has 0 saturated heterocycles. The monoisotopic (exact) mass is 349 g/mol. The largest absolute Gasteiger partial charge is 0.486 e. The number of para-hydroxylation sites is 1. The van der Waals surface area contributed by atoms with Crippen LogP contribution in [-0.4, -0.2) is 10.9 Å². The minimum absolute atomic E-state index is 0.210. The summed E-state index contributed by atoms with van der Waals surface area (Å²) in [7, 11) is 0. The van der Waals surface area contributed by atoms with Crippen LogP contribution in [-0.2, 0) is 13.2 Å². The zero-order valence-electron chi connectivity index (χ0n) is 13.3. The van der Waals surface area contributed by atoms with Crippen molar-refractivity contribution in [1.29, 1.82) is 5.26 Å². The van der Waals surface area contributed by atoms with Crippen molar-refractivity contribution in [2.45, 2.75) is 13.2 Å². The van der Waals surface area contributed by atoms with Gasteiger partial charge in [-0.3, -0.25) is 4.79 Å². The molecule has 124 valence electrons. The Kier molecular flexibility index (Phi) is 5.39. The normalized spacial score (nSPS) is 10.0. The van der Waals surface area contributed by atoms with Crippen LogP contribution in [0.3, 0.4) is 0 Å². The van der Waals surface area contributed by atoms with E-state index in [1.54, 1.807) is 35.8 Å². The number of nitrogens with zero attached hydrogens (tertiary/aromatic N) is 2. The molecule has 1 amide bonds. The summed E-state index contributed by atoms with van der Waals surface area (Å²) >= 11 is 1.50. The van der Waals surface area contributed by atoms with Gasteiger partial charge in [0.05, 0.1) is 28.4 Å². The fraction of sp³-hybridized carbons (Fsp3) is 0.105. The van der Waals surface area contributed by atoms with E-state index in [0.717, 1.165) is 11.3 Å². The molecule has 0 spiro atoms. The summed E-state index contributed by atoms with van der Waals surface area (Å²) in [6, 6.07) is 16.3. The molecule has 1 N–H and O–H groups in total. The Bertz CT molecular complexity index is 884. The second kappa shape index (κ2) is 8.08. The quantitative estimate of drug-likeness (QED) is 0.739. The first-order valence-electron chi connectivity index (χ1n) is 7.62. The molecule has 0 bridgehead atoms. The number of benzene rings is 2. The second-order valence-corrected chi connectivity index (χ2v) is 5.97. The van der Waals surface area contributed by atoms with Crippen LogP contribution in [0.5, 0.6) is 5.75 Å². The Morgan fingerprint density at radius 1 is 1.20 bits per heavy atom. The molecule has 0 unspecified atom stereocenters. The number of carbonyl (C=O) groups excluding carboxylic acids is 1. The molecule has 25 heavy (non-hydrogen) atoms. The summed E-state index contributed by atoms with van der Waals surface area (Å²) < 4.78 is 5.73. The molecule has 2 aromatic carbocycles. The van der Waals surface area contributed by atoms with Gasteiger partial charge in [0, 0.05) is 11.9 Å². The van der Waals surface area contributed by atoms with Crippen molar-refractivity contribution in [3.05, 3.63) is 81.8 Å². The number of aromatic nitrogens is 1. The molecule has 0 aliphatic rings. The summed E-state index contributed by atoms with van der Waals surface area (Å²) in [6.07, 6.45) is 0.